The van der Waals surface area contributed by atoms with Crippen LogP contribution in [0.25, 0.3) is 0 Å². The lowest BCUT2D eigenvalue weighted by atomic mass is 10.1. The normalized spacial score (nSPS) is 19.2. The fraction of sp³-hybridized carbons (Fsp3) is 0.538. The number of nitrogens with one attached hydrogen (secondary N) is 1. The number of halogens is 2. The second kappa shape index (κ2) is 5.94. The lowest BCUT2D eigenvalue weighted by molar-refractivity contribution is 0.133. The number of benzene rings is 1. The minimum atomic E-state index is -0.209. The Morgan fingerprint density at radius 2 is 2.00 bits per heavy atom. The third-order valence-electron chi connectivity index (χ3n) is 3.18. The van der Waals surface area contributed by atoms with Crippen LogP contribution in [0.3, 0.4) is 0 Å². The molecular formula is C13H18BrFN2. The number of hydrogen-bond acceptors (Lipinski definition) is 2. The van der Waals surface area contributed by atoms with E-state index in [9.17, 15) is 4.39 Å². The first kappa shape index (κ1) is 13.0. The van der Waals surface area contributed by atoms with Gasteiger partial charge in [0.2, 0.25) is 0 Å². The molecule has 1 saturated heterocycles. The van der Waals surface area contributed by atoms with Crippen molar-refractivity contribution in [1.29, 1.82) is 0 Å². The molecule has 0 aliphatic carbocycles. The predicted octanol–water partition coefficient (Wildman–Crippen LogP) is 3.64. The van der Waals surface area contributed by atoms with Crippen LogP contribution in [0.1, 0.15) is 37.8 Å². The summed E-state index contributed by atoms with van der Waals surface area (Å²) in [5, 5.41) is 2.27. The van der Waals surface area contributed by atoms with Gasteiger partial charge in [0.15, 0.2) is 0 Å². The number of rotatable bonds is 3. The lowest BCUT2D eigenvalue weighted by Crippen LogP contribution is -2.42. The Balaban J connectivity index is 1.98. The number of hydrazine groups is 1. The van der Waals surface area contributed by atoms with Crippen LogP contribution in [0.2, 0.25) is 0 Å². The molecular weight excluding hydrogens is 283 g/mol. The average Bonchev–Trinajstić information content (AvgIpc) is 2.34. The van der Waals surface area contributed by atoms with Gasteiger partial charge in [-0.1, -0.05) is 12.5 Å². The van der Waals surface area contributed by atoms with Gasteiger partial charge in [-0.25, -0.2) is 14.8 Å². The summed E-state index contributed by atoms with van der Waals surface area (Å²) in [5.74, 6) is -0.209. The molecule has 0 bridgehead atoms. The Morgan fingerprint density at radius 1 is 1.29 bits per heavy atom. The monoisotopic (exact) mass is 300 g/mol. The van der Waals surface area contributed by atoms with Crippen molar-refractivity contribution in [2.75, 3.05) is 13.1 Å². The third kappa shape index (κ3) is 3.50. The van der Waals surface area contributed by atoms with Gasteiger partial charge in [0.1, 0.15) is 5.82 Å². The van der Waals surface area contributed by atoms with Crippen LogP contribution < -0.4 is 5.43 Å². The molecule has 0 saturated carbocycles. The Kier molecular flexibility index (Phi) is 4.54. The molecule has 1 heterocycles. The topological polar surface area (TPSA) is 15.3 Å². The largest absolute Gasteiger partial charge is 0.248 e. The number of piperidine rings is 1. The van der Waals surface area contributed by atoms with Gasteiger partial charge in [0.05, 0.1) is 4.47 Å². The molecule has 2 rings (SSSR count). The Labute approximate surface area is 110 Å². The average molecular weight is 301 g/mol. The summed E-state index contributed by atoms with van der Waals surface area (Å²) in [6.07, 6.45) is 3.84. The van der Waals surface area contributed by atoms with Crippen molar-refractivity contribution >= 4 is 15.9 Å². The maximum absolute atomic E-state index is 13.1. The summed E-state index contributed by atoms with van der Waals surface area (Å²) >= 11 is 3.22. The maximum atomic E-state index is 13.1. The second-order valence-electron chi connectivity index (χ2n) is 4.57. The summed E-state index contributed by atoms with van der Waals surface area (Å²) < 4.78 is 13.7. The lowest BCUT2D eigenvalue weighted by Gasteiger charge is -2.30. The van der Waals surface area contributed by atoms with Crippen molar-refractivity contribution in [3.63, 3.8) is 0 Å². The van der Waals surface area contributed by atoms with Gasteiger partial charge in [0, 0.05) is 19.1 Å². The van der Waals surface area contributed by atoms with Crippen LogP contribution >= 0.6 is 15.9 Å². The van der Waals surface area contributed by atoms with Crippen LogP contribution in [-0.2, 0) is 0 Å². The second-order valence-corrected chi connectivity index (χ2v) is 5.43. The SMILES string of the molecule is CC(NN1CCCCC1)c1ccc(F)c(Br)c1. The molecule has 17 heavy (non-hydrogen) atoms. The van der Waals surface area contributed by atoms with E-state index in [0.717, 1.165) is 18.7 Å². The van der Waals surface area contributed by atoms with E-state index in [1.807, 2.05) is 12.1 Å². The molecule has 94 valence electrons. The van der Waals surface area contributed by atoms with Crippen molar-refractivity contribution in [2.45, 2.75) is 32.2 Å². The van der Waals surface area contributed by atoms with Gasteiger partial charge >= 0.3 is 0 Å². The summed E-state index contributed by atoms with van der Waals surface area (Å²) in [6.45, 7) is 4.31. The van der Waals surface area contributed by atoms with Crippen molar-refractivity contribution < 1.29 is 4.39 Å². The molecule has 0 radical (unpaired) electrons. The van der Waals surface area contributed by atoms with Crippen LogP contribution in [0.5, 0.6) is 0 Å². The summed E-state index contributed by atoms with van der Waals surface area (Å²) in [6, 6.07) is 5.40. The Hall–Kier alpha value is -0.450. The summed E-state index contributed by atoms with van der Waals surface area (Å²) in [5.41, 5.74) is 4.57. The van der Waals surface area contributed by atoms with Crippen LogP contribution in [0.4, 0.5) is 4.39 Å². The quantitative estimate of drug-likeness (QED) is 0.917. The molecule has 1 atom stereocenters. The minimum absolute atomic E-state index is 0.209. The highest BCUT2D eigenvalue weighted by Gasteiger charge is 2.14. The van der Waals surface area contributed by atoms with E-state index in [0.29, 0.717) is 4.47 Å². The minimum Gasteiger partial charge on any atom is -0.248 e. The molecule has 1 N–H and O–H groups in total. The predicted molar refractivity (Wildman–Crippen MR) is 71.1 cm³/mol. The highest BCUT2D eigenvalue weighted by molar-refractivity contribution is 9.10. The highest BCUT2D eigenvalue weighted by atomic mass is 79.9. The van der Waals surface area contributed by atoms with Crippen molar-refractivity contribution in [1.82, 2.24) is 10.4 Å². The van der Waals surface area contributed by atoms with E-state index < -0.39 is 0 Å². The van der Waals surface area contributed by atoms with Gasteiger partial charge < -0.3 is 0 Å². The van der Waals surface area contributed by atoms with Crippen LogP contribution in [0, 0.1) is 5.82 Å². The molecule has 1 aromatic rings. The van der Waals surface area contributed by atoms with E-state index in [-0.39, 0.29) is 11.9 Å². The van der Waals surface area contributed by atoms with Gasteiger partial charge in [0.25, 0.3) is 0 Å². The molecule has 1 aliphatic rings. The smallest absolute Gasteiger partial charge is 0.137 e. The van der Waals surface area contributed by atoms with Gasteiger partial charge in [-0.05, 0) is 53.4 Å². The van der Waals surface area contributed by atoms with Crippen LogP contribution in [-0.4, -0.2) is 18.1 Å². The van der Waals surface area contributed by atoms with Crippen molar-refractivity contribution in [2.24, 2.45) is 0 Å². The molecule has 1 aromatic carbocycles. The van der Waals surface area contributed by atoms with E-state index in [1.165, 1.54) is 25.3 Å². The van der Waals surface area contributed by atoms with Crippen LogP contribution in [0.15, 0.2) is 22.7 Å². The number of nitrogens with zero attached hydrogens (tertiary/aromatic N) is 1. The van der Waals surface area contributed by atoms with E-state index in [4.69, 9.17) is 0 Å². The molecule has 1 fully saturated rings. The van der Waals surface area contributed by atoms with Gasteiger partial charge in [-0.3, -0.25) is 0 Å². The van der Waals surface area contributed by atoms with E-state index >= 15 is 0 Å². The fourth-order valence-corrected chi connectivity index (χ4v) is 2.55. The molecule has 1 aliphatic heterocycles. The van der Waals surface area contributed by atoms with Gasteiger partial charge in [-0.15, -0.1) is 0 Å². The maximum Gasteiger partial charge on any atom is 0.137 e. The standard InChI is InChI=1S/C13H18BrFN2/c1-10(16-17-7-3-2-4-8-17)11-5-6-13(15)12(14)9-11/h5-6,9-10,16H,2-4,7-8H2,1H3. The molecule has 1 unspecified atom stereocenters. The first-order valence-electron chi connectivity index (χ1n) is 6.13. The zero-order chi connectivity index (χ0) is 12.3. The third-order valence-corrected chi connectivity index (χ3v) is 3.78. The molecule has 4 heteroatoms. The molecule has 0 amide bonds. The van der Waals surface area contributed by atoms with E-state index in [1.54, 1.807) is 0 Å². The molecule has 0 spiro atoms. The first-order valence-corrected chi connectivity index (χ1v) is 6.92. The summed E-state index contributed by atoms with van der Waals surface area (Å²) in [7, 11) is 0. The van der Waals surface area contributed by atoms with Crippen molar-refractivity contribution in [3.8, 4) is 0 Å². The zero-order valence-corrected chi connectivity index (χ0v) is 11.6. The molecule has 2 nitrogen and oxygen atoms in total. The fourth-order valence-electron chi connectivity index (χ4n) is 2.15. The van der Waals surface area contributed by atoms with E-state index in [2.05, 4.69) is 33.3 Å². The number of hydrogen-bond donors (Lipinski definition) is 1. The van der Waals surface area contributed by atoms with Gasteiger partial charge in [-0.2, -0.15) is 0 Å². The highest BCUT2D eigenvalue weighted by Crippen LogP contribution is 2.21. The first-order chi connectivity index (χ1) is 8.16. The zero-order valence-electron chi connectivity index (χ0n) is 10.0. The van der Waals surface area contributed by atoms with Crippen molar-refractivity contribution in [3.05, 3.63) is 34.1 Å². The Morgan fingerprint density at radius 3 is 2.65 bits per heavy atom. The Bertz CT molecular complexity index is 378. The molecule has 0 aromatic heterocycles. The summed E-state index contributed by atoms with van der Waals surface area (Å²) in [4.78, 5) is 0.